The summed E-state index contributed by atoms with van der Waals surface area (Å²) in [4.78, 5) is 11.9. The molecule has 0 aromatic heterocycles. The number of hydrogen-bond acceptors (Lipinski definition) is 4. The number of anilines is 1. The molecule has 2 aromatic rings. The minimum atomic E-state index is -0.526. The normalized spacial score (nSPS) is 12.5. The van der Waals surface area contributed by atoms with E-state index in [1.807, 2.05) is 36.3 Å². The van der Waals surface area contributed by atoms with E-state index in [0.717, 1.165) is 11.3 Å². The van der Waals surface area contributed by atoms with Gasteiger partial charge in [0.15, 0.2) is 0 Å². The van der Waals surface area contributed by atoms with Gasteiger partial charge in [-0.3, -0.25) is 0 Å². The molecule has 3 rings (SSSR count). The highest BCUT2D eigenvalue weighted by molar-refractivity contribution is 6.69. The van der Waals surface area contributed by atoms with Crippen molar-refractivity contribution in [2.45, 2.75) is 0 Å². The lowest BCUT2D eigenvalue weighted by Crippen LogP contribution is -2.32. The average Bonchev–Trinajstić information content (AvgIpc) is 2.53. The summed E-state index contributed by atoms with van der Waals surface area (Å²) in [6.45, 7) is 0.132. The van der Waals surface area contributed by atoms with Crippen LogP contribution >= 0.6 is 0 Å². The highest BCUT2D eigenvalue weighted by Crippen LogP contribution is 2.21. The van der Waals surface area contributed by atoms with Gasteiger partial charge in [0.1, 0.15) is 11.3 Å². The number of carbonyl (C=O) groups excluding carboxylic acids is 1. The Hall–Kier alpha value is -2.69. The van der Waals surface area contributed by atoms with E-state index in [-0.39, 0.29) is 24.7 Å². The molecule has 0 unspecified atom stereocenters. The molecule has 5 heteroatoms. The molecule has 1 aliphatic heterocycles. The molecule has 0 amide bonds. The monoisotopic (exact) mass is 279 g/mol. The van der Waals surface area contributed by atoms with Crippen LogP contribution in [0.4, 0.5) is 5.69 Å². The fourth-order valence-electron chi connectivity index (χ4n) is 2.23. The minimum Gasteiger partial charge on any atom is -0.507 e. The quantitative estimate of drug-likeness (QED) is 0.670. The Balaban J connectivity index is 1.62. The lowest BCUT2D eigenvalue weighted by molar-refractivity contribution is 0.0566. The number of benzene rings is 2. The number of nitrogens with one attached hydrogen (secondary N) is 1. The van der Waals surface area contributed by atoms with Crippen LogP contribution in [-0.4, -0.2) is 24.4 Å². The Morgan fingerprint density at radius 2 is 1.90 bits per heavy atom. The first-order valence-corrected chi connectivity index (χ1v) is 6.73. The first-order valence-electron chi connectivity index (χ1n) is 6.73. The van der Waals surface area contributed by atoms with Crippen LogP contribution in [0.1, 0.15) is 15.9 Å². The third kappa shape index (κ3) is 2.92. The molecule has 0 radical (unpaired) electrons. The van der Waals surface area contributed by atoms with E-state index >= 15 is 0 Å². The van der Waals surface area contributed by atoms with Crippen LogP contribution in [-0.2, 0) is 4.74 Å². The Morgan fingerprint density at radius 3 is 2.76 bits per heavy atom. The number of carbonyl (C=O) groups is 1. The third-order valence-electron chi connectivity index (χ3n) is 3.33. The van der Waals surface area contributed by atoms with Crippen molar-refractivity contribution in [3.63, 3.8) is 0 Å². The van der Waals surface area contributed by atoms with Gasteiger partial charge < -0.3 is 15.1 Å². The van der Waals surface area contributed by atoms with Crippen LogP contribution in [0.15, 0.2) is 54.5 Å². The number of ether oxygens (including phenoxy) is 1. The van der Waals surface area contributed by atoms with Crippen molar-refractivity contribution in [2.75, 3.05) is 11.7 Å². The van der Waals surface area contributed by atoms with Gasteiger partial charge in [-0.05, 0) is 23.8 Å². The molecule has 0 atom stereocenters. The number of para-hydroxylation sites is 2. The van der Waals surface area contributed by atoms with Gasteiger partial charge >= 0.3 is 12.8 Å². The first-order chi connectivity index (χ1) is 10.2. The summed E-state index contributed by atoms with van der Waals surface area (Å²) in [6, 6.07) is 14.3. The molecule has 0 saturated carbocycles. The van der Waals surface area contributed by atoms with Crippen molar-refractivity contribution in [1.82, 2.24) is 0 Å². The second-order valence-corrected chi connectivity index (χ2v) is 4.81. The molecule has 1 heterocycles. The molecular formula is C16H14BNO3. The Morgan fingerprint density at radius 1 is 1.14 bits per heavy atom. The van der Waals surface area contributed by atoms with E-state index in [1.165, 1.54) is 12.1 Å². The zero-order chi connectivity index (χ0) is 14.7. The van der Waals surface area contributed by atoms with Crippen molar-refractivity contribution in [3.05, 3.63) is 65.6 Å². The number of aromatic hydroxyl groups is 1. The summed E-state index contributed by atoms with van der Waals surface area (Å²) in [5.74, 6) is 1.36. The molecule has 0 spiro atoms. The predicted octanol–water partition coefficient (Wildman–Crippen LogP) is 2.76. The molecule has 1 aliphatic rings. The van der Waals surface area contributed by atoms with E-state index in [2.05, 4.69) is 5.23 Å². The Kier molecular flexibility index (Phi) is 3.64. The van der Waals surface area contributed by atoms with Crippen molar-refractivity contribution in [3.8, 4) is 5.75 Å². The molecular weight excluding hydrogens is 265 g/mol. The molecule has 2 aromatic carbocycles. The fraction of sp³-hybridized carbons (Fsp3) is 0.0625. The van der Waals surface area contributed by atoms with Crippen LogP contribution in [0.2, 0.25) is 0 Å². The number of hydrogen-bond donors (Lipinski definition) is 2. The van der Waals surface area contributed by atoms with E-state index in [0.29, 0.717) is 0 Å². The van der Waals surface area contributed by atoms with Gasteiger partial charge in [0, 0.05) is 5.69 Å². The Bertz CT molecular complexity index is 699. The van der Waals surface area contributed by atoms with Crippen molar-refractivity contribution in [2.24, 2.45) is 0 Å². The maximum Gasteiger partial charge on any atom is 0.341 e. The number of rotatable bonds is 3. The second-order valence-electron chi connectivity index (χ2n) is 4.81. The number of phenols is 1. The molecule has 21 heavy (non-hydrogen) atoms. The van der Waals surface area contributed by atoms with Crippen LogP contribution in [0.3, 0.4) is 0 Å². The van der Waals surface area contributed by atoms with Gasteiger partial charge in [0.05, 0.1) is 6.51 Å². The second kappa shape index (κ2) is 5.75. The lowest BCUT2D eigenvalue weighted by atomic mass is 9.61. The molecule has 0 aliphatic carbocycles. The standard InChI is InChI=1S/C16H14BNO3/c19-15-8-4-2-6-13(15)16(20)21-11-17-10-9-12-5-1-3-7-14(12)18-17/h1-10,18-19H,11H2. The van der Waals surface area contributed by atoms with Crippen molar-refractivity contribution < 1.29 is 14.6 Å². The molecule has 0 saturated heterocycles. The van der Waals surface area contributed by atoms with Crippen LogP contribution in [0, 0.1) is 0 Å². The third-order valence-corrected chi connectivity index (χ3v) is 3.33. The number of esters is 1. The summed E-state index contributed by atoms with van der Waals surface area (Å²) in [5, 5.41) is 12.9. The minimum absolute atomic E-state index is 0.0695. The van der Waals surface area contributed by atoms with Gasteiger partial charge in [0.2, 0.25) is 0 Å². The summed E-state index contributed by atoms with van der Waals surface area (Å²) < 4.78 is 5.25. The van der Waals surface area contributed by atoms with E-state index in [4.69, 9.17) is 4.74 Å². The molecule has 0 bridgehead atoms. The Labute approximate surface area is 123 Å². The zero-order valence-corrected chi connectivity index (χ0v) is 11.3. The maximum atomic E-state index is 11.9. The van der Waals surface area contributed by atoms with Gasteiger partial charge in [-0.15, -0.1) is 0 Å². The van der Waals surface area contributed by atoms with Gasteiger partial charge in [-0.25, -0.2) is 4.79 Å². The average molecular weight is 279 g/mol. The first kappa shape index (κ1) is 13.3. The van der Waals surface area contributed by atoms with Crippen LogP contribution < -0.4 is 5.23 Å². The van der Waals surface area contributed by atoms with Crippen molar-refractivity contribution in [1.29, 1.82) is 0 Å². The van der Waals surface area contributed by atoms with E-state index in [1.54, 1.807) is 12.1 Å². The van der Waals surface area contributed by atoms with Gasteiger partial charge in [-0.1, -0.05) is 42.4 Å². The van der Waals surface area contributed by atoms with E-state index in [9.17, 15) is 9.90 Å². The molecule has 0 fully saturated rings. The largest absolute Gasteiger partial charge is 0.507 e. The topological polar surface area (TPSA) is 58.6 Å². The lowest BCUT2D eigenvalue weighted by Gasteiger charge is -2.19. The molecule has 104 valence electrons. The summed E-state index contributed by atoms with van der Waals surface area (Å²) in [5.41, 5.74) is 2.31. The summed E-state index contributed by atoms with van der Waals surface area (Å²) in [6.07, 6.45) is 2.00. The van der Waals surface area contributed by atoms with E-state index < -0.39 is 5.97 Å². The molecule has 2 N–H and O–H groups in total. The number of phenolic OH excluding ortho intramolecular Hbond substituents is 1. The van der Waals surface area contributed by atoms with Crippen molar-refractivity contribution >= 4 is 24.6 Å². The maximum absolute atomic E-state index is 11.9. The van der Waals surface area contributed by atoms with Gasteiger partial charge in [0.25, 0.3) is 0 Å². The SMILES string of the molecule is O=C(OCB1C=Cc2ccccc2N1)c1ccccc1O. The van der Waals surface area contributed by atoms with Crippen LogP contribution in [0.25, 0.3) is 6.08 Å². The smallest absolute Gasteiger partial charge is 0.341 e. The predicted molar refractivity (Wildman–Crippen MR) is 83.2 cm³/mol. The highest BCUT2D eigenvalue weighted by atomic mass is 16.5. The van der Waals surface area contributed by atoms with Crippen LogP contribution in [0.5, 0.6) is 5.75 Å². The highest BCUT2D eigenvalue weighted by Gasteiger charge is 2.20. The zero-order valence-electron chi connectivity index (χ0n) is 11.3. The summed E-state index contributed by atoms with van der Waals surface area (Å²) in [7, 11) is 0. The summed E-state index contributed by atoms with van der Waals surface area (Å²) >= 11 is 0. The number of fused-ring (bicyclic) bond motifs is 1. The fourth-order valence-corrected chi connectivity index (χ4v) is 2.23. The van der Waals surface area contributed by atoms with Gasteiger partial charge in [-0.2, -0.15) is 0 Å². The molecule has 4 nitrogen and oxygen atoms in total.